The molecule has 1 atom stereocenters. The van der Waals surface area contributed by atoms with Crippen molar-refractivity contribution in [3.05, 3.63) is 23.8 Å². The van der Waals surface area contributed by atoms with Crippen LogP contribution in [0.25, 0.3) is 0 Å². The summed E-state index contributed by atoms with van der Waals surface area (Å²) < 4.78 is 0. The molecule has 2 amide bonds. The van der Waals surface area contributed by atoms with E-state index < -0.39 is 0 Å². The first-order chi connectivity index (χ1) is 8.97. The van der Waals surface area contributed by atoms with E-state index in [0.29, 0.717) is 30.0 Å². The maximum Gasteiger partial charge on any atom is 0.254 e. The summed E-state index contributed by atoms with van der Waals surface area (Å²) >= 11 is 0. The van der Waals surface area contributed by atoms with E-state index >= 15 is 0 Å². The Bertz CT molecular complexity index is 495. The van der Waals surface area contributed by atoms with Gasteiger partial charge in [-0.15, -0.1) is 0 Å². The van der Waals surface area contributed by atoms with Crippen LogP contribution in [0.4, 0.5) is 11.4 Å². The van der Waals surface area contributed by atoms with Crippen LogP contribution >= 0.6 is 0 Å². The standard InChI is InChI=1S/C13H18N4O2/c14-10-4-9(5-11(15)6-10)13(19)17-3-1-2-8(7-17)12(16)18/h4-6,8H,1-3,7,14-15H2,(H2,16,18). The lowest BCUT2D eigenvalue weighted by molar-refractivity contribution is -0.123. The van der Waals surface area contributed by atoms with Gasteiger partial charge in [0.1, 0.15) is 0 Å². The van der Waals surface area contributed by atoms with Crippen LogP contribution in [-0.2, 0) is 4.79 Å². The van der Waals surface area contributed by atoms with E-state index in [1.807, 2.05) is 0 Å². The van der Waals surface area contributed by atoms with Crippen molar-refractivity contribution in [1.82, 2.24) is 4.90 Å². The normalized spacial score (nSPS) is 19.2. The molecule has 0 spiro atoms. The molecule has 0 aromatic heterocycles. The molecule has 0 radical (unpaired) electrons. The van der Waals surface area contributed by atoms with Crippen molar-refractivity contribution in [2.75, 3.05) is 24.6 Å². The van der Waals surface area contributed by atoms with Crippen LogP contribution in [0.2, 0.25) is 0 Å². The second-order valence-electron chi connectivity index (χ2n) is 4.88. The summed E-state index contributed by atoms with van der Waals surface area (Å²) in [6, 6.07) is 4.78. The van der Waals surface area contributed by atoms with Crippen LogP contribution in [0.3, 0.4) is 0 Å². The molecule has 0 saturated carbocycles. The van der Waals surface area contributed by atoms with Crippen molar-refractivity contribution in [2.24, 2.45) is 11.7 Å². The van der Waals surface area contributed by atoms with E-state index in [4.69, 9.17) is 17.2 Å². The van der Waals surface area contributed by atoms with Gasteiger partial charge in [-0.25, -0.2) is 0 Å². The summed E-state index contributed by atoms with van der Waals surface area (Å²) in [5.41, 5.74) is 18.0. The fourth-order valence-corrected chi connectivity index (χ4v) is 2.38. The molecule has 19 heavy (non-hydrogen) atoms. The number of nitrogens with two attached hydrogens (primary N) is 3. The Labute approximate surface area is 111 Å². The number of benzene rings is 1. The van der Waals surface area contributed by atoms with Crippen molar-refractivity contribution in [1.29, 1.82) is 0 Å². The number of carbonyl (C=O) groups is 2. The molecular weight excluding hydrogens is 244 g/mol. The van der Waals surface area contributed by atoms with Gasteiger partial charge in [0.25, 0.3) is 5.91 Å². The first-order valence-corrected chi connectivity index (χ1v) is 6.22. The Morgan fingerprint density at radius 2 is 1.79 bits per heavy atom. The Balaban J connectivity index is 2.16. The number of piperidine rings is 1. The number of nitrogens with zero attached hydrogens (tertiary/aromatic N) is 1. The molecule has 0 bridgehead atoms. The highest BCUT2D eigenvalue weighted by Gasteiger charge is 2.27. The zero-order valence-electron chi connectivity index (χ0n) is 10.6. The van der Waals surface area contributed by atoms with Crippen LogP contribution in [-0.4, -0.2) is 29.8 Å². The number of hydrogen-bond acceptors (Lipinski definition) is 4. The van der Waals surface area contributed by atoms with Crippen molar-refractivity contribution >= 4 is 23.2 Å². The Morgan fingerprint density at radius 3 is 2.37 bits per heavy atom. The zero-order valence-corrected chi connectivity index (χ0v) is 10.6. The molecule has 1 heterocycles. The molecule has 1 aromatic carbocycles. The van der Waals surface area contributed by atoms with Crippen LogP contribution in [0.15, 0.2) is 18.2 Å². The van der Waals surface area contributed by atoms with Gasteiger partial charge in [0.05, 0.1) is 5.92 Å². The average Bonchev–Trinajstić information content (AvgIpc) is 2.37. The third-order valence-electron chi connectivity index (χ3n) is 3.34. The van der Waals surface area contributed by atoms with Crippen molar-refractivity contribution in [2.45, 2.75) is 12.8 Å². The predicted molar refractivity (Wildman–Crippen MR) is 73.1 cm³/mol. The molecule has 1 saturated heterocycles. The second-order valence-corrected chi connectivity index (χ2v) is 4.88. The van der Waals surface area contributed by atoms with Crippen LogP contribution < -0.4 is 17.2 Å². The maximum absolute atomic E-state index is 12.3. The molecule has 1 aromatic rings. The van der Waals surface area contributed by atoms with Gasteiger partial charge >= 0.3 is 0 Å². The highest BCUT2D eigenvalue weighted by atomic mass is 16.2. The average molecular weight is 262 g/mol. The number of anilines is 2. The molecule has 102 valence electrons. The summed E-state index contributed by atoms with van der Waals surface area (Å²) in [5, 5.41) is 0. The van der Waals surface area contributed by atoms with Gasteiger partial charge in [0.2, 0.25) is 5.91 Å². The van der Waals surface area contributed by atoms with Crippen LogP contribution in [0, 0.1) is 5.92 Å². The smallest absolute Gasteiger partial charge is 0.254 e. The van der Waals surface area contributed by atoms with Crippen molar-refractivity contribution in [3.63, 3.8) is 0 Å². The monoisotopic (exact) mass is 262 g/mol. The van der Waals surface area contributed by atoms with Gasteiger partial charge in [-0.3, -0.25) is 9.59 Å². The first kappa shape index (κ1) is 13.2. The third-order valence-corrected chi connectivity index (χ3v) is 3.34. The number of amides is 2. The summed E-state index contributed by atoms with van der Waals surface area (Å²) in [5.74, 6) is -0.786. The van der Waals surface area contributed by atoms with Crippen LogP contribution in [0.5, 0.6) is 0 Å². The number of carbonyl (C=O) groups excluding carboxylic acids is 2. The SMILES string of the molecule is NC(=O)C1CCCN(C(=O)c2cc(N)cc(N)c2)C1. The number of rotatable bonds is 2. The fourth-order valence-electron chi connectivity index (χ4n) is 2.38. The number of primary amides is 1. The lowest BCUT2D eigenvalue weighted by Gasteiger charge is -2.31. The summed E-state index contributed by atoms with van der Waals surface area (Å²) in [4.78, 5) is 25.2. The Hall–Kier alpha value is -2.24. The minimum atomic E-state index is -0.357. The molecule has 2 rings (SSSR count). The molecule has 1 unspecified atom stereocenters. The van der Waals surface area contributed by atoms with Gasteiger partial charge in [-0.2, -0.15) is 0 Å². The van der Waals surface area contributed by atoms with Gasteiger partial charge in [0.15, 0.2) is 0 Å². The highest BCUT2D eigenvalue weighted by Crippen LogP contribution is 2.20. The van der Waals surface area contributed by atoms with E-state index in [1.165, 1.54) is 0 Å². The first-order valence-electron chi connectivity index (χ1n) is 6.22. The lowest BCUT2D eigenvalue weighted by atomic mass is 9.97. The molecule has 1 fully saturated rings. The molecular formula is C13H18N4O2. The summed E-state index contributed by atoms with van der Waals surface area (Å²) in [6.07, 6.45) is 1.51. The number of nitrogen functional groups attached to an aromatic ring is 2. The Kier molecular flexibility index (Phi) is 3.59. The molecule has 1 aliphatic heterocycles. The molecule has 6 heteroatoms. The minimum absolute atomic E-state index is 0.162. The van der Waals surface area contributed by atoms with E-state index in [2.05, 4.69) is 0 Å². The highest BCUT2D eigenvalue weighted by molar-refractivity contribution is 5.96. The van der Waals surface area contributed by atoms with Gasteiger partial charge in [-0.05, 0) is 31.0 Å². The summed E-state index contributed by atoms with van der Waals surface area (Å²) in [6.45, 7) is 0.986. The molecule has 6 N–H and O–H groups in total. The zero-order chi connectivity index (χ0) is 14.0. The van der Waals surface area contributed by atoms with E-state index in [1.54, 1.807) is 23.1 Å². The largest absolute Gasteiger partial charge is 0.399 e. The van der Waals surface area contributed by atoms with Crippen LogP contribution in [0.1, 0.15) is 23.2 Å². The predicted octanol–water partition coefficient (Wildman–Crippen LogP) is 0.188. The number of hydrogen-bond donors (Lipinski definition) is 3. The topological polar surface area (TPSA) is 115 Å². The van der Waals surface area contributed by atoms with Crippen molar-refractivity contribution in [3.8, 4) is 0 Å². The minimum Gasteiger partial charge on any atom is -0.399 e. The Morgan fingerprint density at radius 1 is 1.16 bits per heavy atom. The number of likely N-dealkylation sites (tertiary alicyclic amines) is 1. The molecule has 1 aliphatic rings. The second kappa shape index (κ2) is 5.17. The van der Waals surface area contributed by atoms with Gasteiger partial charge in [0, 0.05) is 30.0 Å². The maximum atomic E-state index is 12.3. The van der Waals surface area contributed by atoms with E-state index in [9.17, 15) is 9.59 Å². The summed E-state index contributed by atoms with van der Waals surface area (Å²) in [7, 11) is 0. The molecule has 6 nitrogen and oxygen atoms in total. The van der Waals surface area contributed by atoms with Gasteiger partial charge in [-0.1, -0.05) is 0 Å². The van der Waals surface area contributed by atoms with E-state index in [-0.39, 0.29) is 17.7 Å². The lowest BCUT2D eigenvalue weighted by Crippen LogP contribution is -2.44. The third kappa shape index (κ3) is 2.96. The molecule has 0 aliphatic carbocycles. The quantitative estimate of drug-likeness (QED) is 0.660. The van der Waals surface area contributed by atoms with Gasteiger partial charge < -0.3 is 22.1 Å². The van der Waals surface area contributed by atoms with Crippen molar-refractivity contribution < 1.29 is 9.59 Å². The fraction of sp³-hybridized carbons (Fsp3) is 0.385. The van der Waals surface area contributed by atoms with E-state index in [0.717, 1.165) is 12.8 Å².